The van der Waals surface area contributed by atoms with Crippen molar-refractivity contribution in [1.29, 1.82) is 0 Å². The molecule has 5 heteroatoms. The van der Waals surface area contributed by atoms with Crippen LogP contribution in [0.25, 0.3) is 0 Å². The molecule has 1 rings (SSSR count). The summed E-state index contributed by atoms with van der Waals surface area (Å²) in [6.45, 7) is 0. The van der Waals surface area contributed by atoms with Crippen LogP contribution in [0, 0.1) is 0 Å². The predicted molar refractivity (Wildman–Crippen MR) is 37.6 cm³/mol. The highest BCUT2D eigenvalue weighted by Crippen LogP contribution is 2.04. The van der Waals surface area contributed by atoms with Crippen LogP contribution in [0.1, 0.15) is 0 Å². The predicted octanol–water partition coefficient (Wildman–Crippen LogP) is 0.411. The number of hydrogen-bond acceptors (Lipinski definition) is 2. The zero-order chi connectivity index (χ0) is 5.98. The summed E-state index contributed by atoms with van der Waals surface area (Å²) in [5.74, 6) is 0. The second kappa shape index (κ2) is 2.41. The van der Waals surface area contributed by atoms with Crippen molar-refractivity contribution in [3.05, 3.63) is 0 Å². The van der Waals surface area contributed by atoms with Gasteiger partial charge in [0.1, 0.15) is 5.04 Å². The Morgan fingerprint density at radius 2 is 2.62 bits per heavy atom. The second-order valence-corrected chi connectivity index (χ2v) is 2.78. The molecule has 1 heterocycles. The Kier molecular flexibility index (Phi) is 1.80. The van der Waals surface area contributed by atoms with Crippen LogP contribution >= 0.6 is 11.8 Å². The maximum absolute atomic E-state index is 10.3. The van der Waals surface area contributed by atoms with Crippen molar-refractivity contribution < 1.29 is 4.21 Å². The molecule has 0 amide bonds. The van der Waals surface area contributed by atoms with Crippen LogP contribution in [0.3, 0.4) is 0 Å². The summed E-state index contributed by atoms with van der Waals surface area (Å²) < 4.78 is 17.5. The highest BCUT2D eigenvalue weighted by atomic mass is 32.2. The third-order valence-corrected chi connectivity index (χ3v) is 2.00. The van der Waals surface area contributed by atoms with Crippen LogP contribution in [-0.2, 0) is 11.2 Å². The van der Waals surface area contributed by atoms with Gasteiger partial charge in [-0.1, -0.05) is 0 Å². The van der Waals surface area contributed by atoms with Crippen molar-refractivity contribution >= 4 is 34.2 Å². The van der Waals surface area contributed by atoms with Crippen LogP contribution < -0.4 is 0 Å². The quantitative estimate of drug-likeness (QED) is 0.499. The lowest BCUT2D eigenvalue weighted by Crippen LogP contribution is -1.84. The van der Waals surface area contributed by atoms with Crippen LogP contribution in [0.5, 0.6) is 0 Å². The first-order valence-electron chi connectivity index (χ1n) is 1.91. The lowest BCUT2D eigenvalue weighted by atomic mass is 10.8. The van der Waals surface area contributed by atoms with E-state index in [0.717, 1.165) is 5.04 Å². The molecule has 0 aromatic rings. The summed E-state index contributed by atoms with van der Waals surface area (Å²) in [5, 5.41) is 0.739. The highest BCUT2D eigenvalue weighted by Gasteiger charge is 2.02. The molecule has 1 aliphatic heterocycles. The third-order valence-electron chi connectivity index (χ3n) is 0.631. The van der Waals surface area contributed by atoms with Gasteiger partial charge in [-0.2, -0.15) is 8.80 Å². The zero-order valence-corrected chi connectivity index (χ0v) is 5.83. The lowest BCUT2D eigenvalue weighted by Gasteiger charge is -1.78. The smallest absolute Gasteiger partial charge is 0.209 e. The molecular formula is C3H4N2OS2. The normalized spacial score (nSPS) is 26.1. The van der Waals surface area contributed by atoms with Crippen LogP contribution in [-0.4, -0.2) is 21.7 Å². The first-order valence-corrected chi connectivity index (χ1v) is 4.20. The number of thioether (sulfide) groups is 1. The Labute approximate surface area is 54.0 Å². The topological polar surface area (TPSA) is 41.8 Å². The molecule has 44 valence electrons. The summed E-state index contributed by atoms with van der Waals surface area (Å²) in [7, 11) is 0. The molecule has 0 aromatic carbocycles. The van der Waals surface area contributed by atoms with Crippen molar-refractivity contribution in [2.45, 2.75) is 0 Å². The fourth-order valence-electron chi connectivity index (χ4n) is 0.304. The minimum Gasteiger partial charge on any atom is -0.209 e. The molecule has 8 heavy (non-hydrogen) atoms. The van der Waals surface area contributed by atoms with Gasteiger partial charge in [0.05, 0.1) is 6.21 Å². The summed E-state index contributed by atoms with van der Waals surface area (Å²) >= 11 is 0.128. The minimum absolute atomic E-state index is 0.739. The molecule has 1 aliphatic rings. The van der Waals surface area contributed by atoms with Gasteiger partial charge < -0.3 is 0 Å². The van der Waals surface area contributed by atoms with Crippen molar-refractivity contribution in [3.8, 4) is 0 Å². The summed E-state index contributed by atoms with van der Waals surface area (Å²) in [4.78, 5) is 0. The maximum atomic E-state index is 10.3. The molecule has 0 aliphatic carbocycles. The Morgan fingerprint density at radius 3 is 2.88 bits per heavy atom. The van der Waals surface area contributed by atoms with Crippen molar-refractivity contribution in [2.24, 2.45) is 8.80 Å². The van der Waals surface area contributed by atoms with E-state index >= 15 is 0 Å². The van der Waals surface area contributed by atoms with E-state index in [1.807, 2.05) is 6.26 Å². The summed E-state index contributed by atoms with van der Waals surface area (Å²) in [6.07, 6.45) is 3.38. The molecule has 0 saturated carbocycles. The standard InChI is InChI=1S/C3H4N2OS2/c1-7-3-2-4-8(6)5-3/h2H,1H3. The van der Waals surface area contributed by atoms with Gasteiger partial charge in [-0.05, 0) is 6.26 Å². The molecule has 0 N–H and O–H groups in total. The average molecular weight is 148 g/mol. The van der Waals surface area contributed by atoms with E-state index in [1.165, 1.54) is 18.0 Å². The van der Waals surface area contributed by atoms with Crippen molar-refractivity contribution in [2.75, 3.05) is 6.26 Å². The molecular weight excluding hydrogens is 144 g/mol. The SMILES string of the molecule is CSC1=NS(=O)N=C1. The molecule has 1 unspecified atom stereocenters. The van der Waals surface area contributed by atoms with Crippen molar-refractivity contribution in [3.63, 3.8) is 0 Å². The van der Waals surface area contributed by atoms with Crippen LogP contribution in [0.4, 0.5) is 0 Å². The molecule has 0 fully saturated rings. The Hall–Kier alpha value is -0.160. The minimum atomic E-state index is -1.32. The van der Waals surface area contributed by atoms with E-state index in [-0.39, 0.29) is 0 Å². The van der Waals surface area contributed by atoms with Crippen LogP contribution in [0.2, 0.25) is 0 Å². The van der Waals surface area contributed by atoms with Gasteiger partial charge in [-0.15, -0.1) is 11.8 Å². The molecule has 0 spiro atoms. The fourth-order valence-corrected chi connectivity index (χ4v) is 1.46. The number of nitrogens with zero attached hydrogens (tertiary/aromatic N) is 2. The molecule has 0 bridgehead atoms. The van der Waals surface area contributed by atoms with Gasteiger partial charge >= 0.3 is 0 Å². The molecule has 0 radical (unpaired) electrons. The summed E-state index contributed by atoms with van der Waals surface area (Å²) in [6, 6.07) is 0. The monoisotopic (exact) mass is 148 g/mol. The number of hydrogen-bond donors (Lipinski definition) is 0. The second-order valence-electron chi connectivity index (χ2n) is 1.10. The van der Waals surface area contributed by atoms with Gasteiger partial charge in [0.15, 0.2) is 0 Å². The lowest BCUT2D eigenvalue weighted by molar-refractivity contribution is 0.686. The Morgan fingerprint density at radius 1 is 1.88 bits per heavy atom. The first-order chi connectivity index (χ1) is 3.83. The van der Waals surface area contributed by atoms with Gasteiger partial charge in [-0.3, -0.25) is 0 Å². The van der Waals surface area contributed by atoms with Gasteiger partial charge in [0, 0.05) is 0 Å². The largest absolute Gasteiger partial charge is 0.266 e. The fraction of sp³-hybridized carbons (Fsp3) is 0.333. The van der Waals surface area contributed by atoms with Gasteiger partial charge in [0.25, 0.3) is 11.2 Å². The molecule has 3 nitrogen and oxygen atoms in total. The van der Waals surface area contributed by atoms with E-state index in [1.54, 1.807) is 0 Å². The Balaban J connectivity index is 2.72. The highest BCUT2D eigenvalue weighted by molar-refractivity contribution is 8.15. The molecule has 0 aromatic heterocycles. The van der Waals surface area contributed by atoms with E-state index < -0.39 is 11.2 Å². The van der Waals surface area contributed by atoms with Crippen molar-refractivity contribution in [1.82, 2.24) is 0 Å². The van der Waals surface area contributed by atoms with E-state index in [4.69, 9.17) is 0 Å². The van der Waals surface area contributed by atoms with Gasteiger partial charge in [-0.25, -0.2) is 4.21 Å². The van der Waals surface area contributed by atoms with Crippen LogP contribution in [0.15, 0.2) is 8.80 Å². The Bertz CT molecular complexity index is 174. The third kappa shape index (κ3) is 1.16. The molecule has 1 atom stereocenters. The number of rotatable bonds is 0. The zero-order valence-electron chi connectivity index (χ0n) is 4.20. The van der Waals surface area contributed by atoms with E-state index in [2.05, 4.69) is 8.80 Å². The van der Waals surface area contributed by atoms with E-state index in [9.17, 15) is 4.21 Å². The summed E-state index contributed by atoms with van der Waals surface area (Å²) in [5.41, 5.74) is 0. The van der Waals surface area contributed by atoms with E-state index in [0.29, 0.717) is 0 Å². The first kappa shape index (κ1) is 5.97. The molecule has 0 saturated heterocycles. The maximum Gasteiger partial charge on any atom is 0.266 e. The average Bonchev–Trinajstić information content (AvgIpc) is 2.14. The van der Waals surface area contributed by atoms with Gasteiger partial charge in [0.2, 0.25) is 0 Å².